The average molecular weight is 243 g/mol. The van der Waals surface area contributed by atoms with E-state index in [4.69, 9.17) is 10.2 Å². The van der Waals surface area contributed by atoms with Crippen molar-refractivity contribution in [3.05, 3.63) is 29.7 Å². The minimum atomic E-state index is 0.453. The summed E-state index contributed by atoms with van der Waals surface area (Å²) in [6.07, 6.45) is 4.86. The molecular formula is C14H17N3O. The standard InChI is InChI=1S/C14H17N3O/c1-9-6-7-11(8-12(9)15)14-17-16-13(18-14)10-4-2-3-5-10/h6-8,10H,2-5,15H2,1H3. The van der Waals surface area contributed by atoms with Crippen LogP contribution in [0.4, 0.5) is 5.69 Å². The van der Waals surface area contributed by atoms with Crippen molar-refractivity contribution in [3.63, 3.8) is 0 Å². The van der Waals surface area contributed by atoms with Crippen molar-refractivity contribution in [2.75, 3.05) is 5.73 Å². The summed E-state index contributed by atoms with van der Waals surface area (Å²) in [4.78, 5) is 0. The molecule has 2 N–H and O–H groups in total. The SMILES string of the molecule is Cc1ccc(-c2nnc(C3CCCC3)o2)cc1N. The van der Waals surface area contributed by atoms with E-state index >= 15 is 0 Å². The van der Waals surface area contributed by atoms with Gasteiger partial charge in [0.05, 0.1) is 0 Å². The van der Waals surface area contributed by atoms with Crippen LogP contribution in [0.2, 0.25) is 0 Å². The fourth-order valence-electron chi connectivity index (χ4n) is 2.46. The fourth-order valence-corrected chi connectivity index (χ4v) is 2.46. The summed E-state index contributed by atoms with van der Waals surface area (Å²) in [6.45, 7) is 1.98. The second kappa shape index (κ2) is 4.44. The molecule has 0 atom stereocenters. The van der Waals surface area contributed by atoms with Crippen molar-refractivity contribution >= 4 is 5.69 Å². The molecule has 94 valence electrons. The topological polar surface area (TPSA) is 64.9 Å². The zero-order valence-corrected chi connectivity index (χ0v) is 10.5. The fraction of sp³-hybridized carbons (Fsp3) is 0.429. The number of rotatable bonds is 2. The number of nitrogen functional groups attached to an aromatic ring is 1. The quantitative estimate of drug-likeness (QED) is 0.822. The number of aromatic nitrogens is 2. The van der Waals surface area contributed by atoms with Crippen LogP contribution in [-0.2, 0) is 0 Å². The van der Waals surface area contributed by atoms with Gasteiger partial charge in [-0.3, -0.25) is 0 Å². The van der Waals surface area contributed by atoms with E-state index < -0.39 is 0 Å². The van der Waals surface area contributed by atoms with Crippen LogP contribution in [0.25, 0.3) is 11.5 Å². The second-order valence-electron chi connectivity index (χ2n) is 5.00. The van der Waals surface area contributed by atoms with Crippen molar-refractivity contribution in [1.29, 1.82) is 0 Å². The zero-order valence-electron chi connectivity index (χ0n) is 10.5. The molecular weight excluding hydrogens is 226 g/mol. The molecule has 1 fully saturated rings. The van der Waals surface area contributed by atoms with Crippen molar-refractivity contribution < 1.29 is 4.42 Å². The third-order valence-electron chi connectivity index (χ3n) is 3.67. The van der Waals surface area contributed by atoms with Gasteiger partial charge in [0.25, 0.3) is 0 Å². The third-order valence-corrected chi connectivity index (χ3v) is 3.67. The molecule has 3 rings (SSSR count). The van der Waals surface area contributed by atoms with Gasteiger partial charge in [-0.1, -0.05) is 18.9 Å². The van der Waals surface area contributed by atoms with Crippen molar-refractivity contribution in [1.82, 2.24) is 10.2 Å². The Labute approximate surface area is 106 Å². The van der Waals surface area contributed by atoms with Crippen LogP contribution in [0.15, 0.2) is 22.6 Å². The van der Waals surface area contributed by atoms with Crippen LogP contribution in [0.5, 0.6) is 0 Å². The minimum absolute atomic E-state index is 0.453. The molecule has 0 aliphatic heterocycles. The number of hydrogen-bond donors (Lipinski definition) is 1. The van der Waals surface area contributed by atoms with E-state index in [1.165, 1.54) is 12.8 Å². The maximum absolute atomic E-state index is 5.90. The smallest absolute Gasteiger partial charge is 0.247 e. The monoisotopic (exact) mass is 243 g/mol. The average Bonchev–Trinajstić information content (AvgIpc) is 3.01. The molecule has 1 aromatic carbocycles. The normalized spacial score (nSPS) is 16.3. The summed E-state index contributed by atoms with van der Waals surface area (Å²) in [5.74, 6) is 1.80. The Kier molecular flexibility index (Phi) is 2.78. The van der Waals surface area contributed by atoms with Gasteiger partial charge in [0.15, 0.2) is 0 Å². The molecule has 0 spiro atoms. The second-order valence-corrected chi connectivity index (χ2v) is 5.00. The van der Waals surface area contributed by atoms with E-state index in [9.17, 15) is 0 Å². The van der Waals surface area contributed by atoms with E-state index in [0.29, 0.717) is 11.8 Å². The highest BCUT2D eigenvalue weighted by atomic mass is 16.4. The molecule has 0 unspecified atom stereocenters. The molecule has 1 aromatic heterocycles. The summed E-state index contributed by atoms with van der Waals surface area (Å²) in [7, 11) is 0. The van der Waals surface area contributed by atoms with Gasteiger partial charge in [-0.05, 0) is 37.5 Å². The van der Waals surface area contributed by atoms with Gasteiger partial charge >= 0.3 is 0 Å². The van der Waals surface area contributed by atoms with E-state index in [2.05, 4.69) is 10.2 Å². The Balaban J connectivity index is 1.89. The van der Waals surface area contributed by atoms with Crippen LogP contribution >= 0.6 is 0 Å². The molecule has 1 saturated carbocycles. The summed E-state index contributed by atoms with van der Waals surface area (Å²) in [5, 5.41) is 8.30. The highest BCUT2D eigenvalue weighted by Gasteiger charge is 2.23. The molecule has 18 heavy (non-hydrogen) atoms. The van der Waals surface area contributed by atoms with Crippen LogP contribution < -0.4 is 5.73 Å². The molecule has 1 aliphatic rings. The first kappa shape index (κ1) is 11.3. The van der Waals surface area contributed by atoms with Gasteiger partial charge in [0, 0.05) is 17.2 Å². The van der Waals surface area contributed by atoms with Crippen LogP contribution in [0, 0.1) is 6.92 Å². The van der Waals surface area contributed by atoms with E-state index in [0.717, 1.165) is 35.5 Å². The number of hydrogen-bond acceptors (Lipinski definition) is 4. The first-order chi connectivity index (χ1) is 8.74. The summed E-state index contributed by atoms with van der Waals surface area (Å²) in [6, 6.07) is 5.84. The number of anilines is 1. The highest BCUT2D eigenvalue weighted by molar-refractivity contribution is 5.62. The lowest BCUT2D eigenvalue weighted by molar-refractivity contribution is 0.457. The largest absolute Gasteiger partial charge is 0.420 e. The van der Waals surface area contributed by atoms with Gasteiger partial charge in [-0.15, -0.1) is 10.2 Å². The number of benzene rings is 1. The number of nitrogens with two attached hydrogens (primary N) is 1. The van der Waals surface area contributed by atoms with Gasteiger partial charge < -0.3 is 10.2 Å². The maximum atomic E-state index is 5.90. The molecule has 0 saturated heterocycles. The summed E-state index contributed by atoms with van der Waals surface area (Å²) < 4.78 is 5.77. The van der Waals surface area contributed by atoms with Crippen LogP contribution in [-0.4, -0.2) is 10.2 Å². The Bertz CT molecular complexity index is 556. The van der Waals surface area contributed by atoms with Crippen molar-refractivity contribution in [3.8, 4) is 11.5 Å². The molecule has 0 bridgehead atoms. The Morgan fingerprint density at radius 3 is 2.72 bits per heavy atom. The lowest BCUT2D eigenvalue weighted by Gasteiger charge is -2.02. The van der Waals surface area contributed by atoms with Gasteiger partial charge in [0.1, 0.15) is 0 Å². The minimum Gasteiger partial charge on any atom is -0.420 e. The maximum Gasteiger partial charge on any atom is 0.247 e. The lowest BCUT2D eigenvalue weighted by atomic mass is 10.1. The van der Waals surface area contributed by atoms with Gasteiger partial charge in [-0.25, -0.2) is 0 Å². The van der Waals surface area contributed by atoms with Crippen LogP contribution in [0.3, 0.4) is 0 Å². The third kappa shape index (κ3) is 1.98. The predicted molar refractivity (Wildman–Crippen MR) is 70.1 cm³/mol. The van der Waals surface area contributed by atoms with E-state index in [1.54, 1.807) is 0 Å². The first-order valence-electron chi connectivity index (χ1n) is 6.44. The Morgan fingerprint density at radius 1 is 1.22 bits per heavy atom. The van der Waals surface area contributed by atoms with E-state index in [-0.39, 0.29) is 0 Å². The molecule has 0 radical (unpaired) electrons. The van der Waals surface area contributed by atoms with Gasteiger partial charge in [0.2, 0.25) is 11.8 Å². The molecule has 4 heteroatoms. The predicted octanol–water partition coefficient (Wildman–Crippen LogP) is 3.28. The van der Waals surface area contributed by atoms with Crippen molar-refractivity contribution in [2.45, 2.75) is 38.5 Å². The van der Waals surface area contributed by atoms with E-state index in [1.807, 2.05) is 25.1 Å². The molecule has 2 aromatic rings. The molecule has 1 heterocycles. The molecule has 4 nitrogen and oxygen atoms in total. The highest BCUT2D eigenvalue weighted by Crippen LogP contribution is 2.34. The lowest BCUT2D eigenvalue weighted by Crippen LogP contribution is -1.91. The first-order valence-corrected chi connectivity index (χ1v) is 6.44. The Morgan fingerprint density at radius 2 is 2.00 bits per heavy atom. The summed E-state index contributed by atoms with van der Waals surface area (Å²) >= 11 is 0. The van der Waals surface area contributed by atoms with Gasteiger partial charge in [-0.2, -0.15) is 0 Å². The molecule has 1 aliphatic carbocycles. The number of nitrogens with zero attached hydrogens (tertiary/aromatic N) is 2. The van der Waals surface area contributed by atoms with Crippen molar-refractivity contribution in [2.24, 2.45) is 0 Å². The summed E-state index contributed by atoms with van der Waals surface area (Å²) in [5.41, 5.74) is 8.62. The van der Waals surface area contributed by atoms with Crippen LogP contribution in [0.1, 0.15) is 43.1 Å². The zero-order chi connectivity index (χ0) is 12.5. The number of aryl methyl sites for hydroxylation is 1. The molecule has 0 amide bonds. The Hall–Kier alpha value is -1.84.